The van der Waals surface area contributed by atoms with Gasteiger partial charge in [-0.05, 0) is 43.4 Å². The Kier molecular flexibility index (Phi) is 7.65. The molecule has 210 valence electrons. The first-order valence-electron chi connectivity index (χ1n) is 14.3. The van der Waals surface area contributed by atoms with Gasteiger partial charge in [0.15, 0.2) is 11.5 Å². The number of carbonyl (C=O) groups is 2. The highest BCUT2D eigenvalue weighted by molar-refractivity contribution is 5.94. The summed E-state index contributed by atoms with van der Waals surface area (Å²) in [5.41, 5.74) is 1.23. The van der Waals surface area contributed by atoms with Crippen LogP contribution >= 0.6 is 0 Å². The zero-order valence-electron chi connectivity index (χ0n) is 22.3. The van der Waals surface area contributed by atoms with Crippen molar-refractivity contribution in [2.24, 2.45) is 5.92 Å². The van der Waals surface area contributed by atoms with Crippen LogP contribution in [0.25, 0.3) is 11.3 Å². The zero-order chi connectivity index (χ0) is 27.6. The number of hydrogen-bond acceptors (Lipinski definition) is 5. The maximum atomic E-state index is 14.2. The fourth-order valence-electron chi connectivity index (χ4n) is 6.35. The van der Waals surface area contributed by atoms with Crippen LogP contribution in [0.15, 0.2) is 59.1 Å². The Bertz CT molecular complexity index is 1360. The first kappa shape index (κ1) is 26.6. The number of hydrogen-bond donors (Lipinski definition) is 2. The molecule has 2 amide bonds. The Balaban J connectivity index is 1.15. The molecule has 2 N–H and O–H groups in total. The van der Waals surface area contributed by atoms with Gasteiger partial charge in [-0.1, -0.05) is 54.8 Å². The maximum Gasteiger partial charge on any atom is 0.273 e. The van der Waals surface area contributed by atoms with E-state index in [1.807, 2.05) is 18.2 Å². The summed E-state index contributed by atoms with van der Waals surface area (Å²) >= 11 is 0. The lowest BCUT2D eigenvalue weighted by Crippen LogP contribution is -2.58. The van der Waals surface area contributed by atoms with Gasteiger partial charge in [-0.15, -0.1) is 0 Å². The predicted molar refractivity (Wildman–Crippen MR) is 145 cm³/mol. The van der Waals surface area contributed by atoms with Crippen LogP contribution in [0.5, 0.6) is 0 Å². The van der Waals surface area contributed by atoms with Gasteiger partial charge >= 0.3 is 0 Å². The fraction of sp³-hybridized carbons (Fsp3) is 0.452. The van der Waals surface area contributed by atoms with Crippen LogP contribution in [-0.2, 0) is 4.79 Å². The zero-order valence-corrected chi connectivity index (χ0v) is 22.3. The highest BCUT2D eigenvalue weighted by atomic mass is 19.1. The second-order valence-corrected chi connectivity index (χ2v) is 11.3. The summed E-state index contributed by atoms with van der Waals surface area (Å²) in [6, 6.07) is 14.9. The molecule has 2 saturated carbocycles. The first-order chi connectivity index (χ1) is 19.5. The van der Waals surface area contributed by atoms with E-state index < -0.39 is 23.5 Å². The molecule has 40 heavy (non-hydrogen) atoms. The SMILES string of the molecule is O=C(N[C@H]1CCN(C2CCCCC2)C[C@@H]1C(=O)N[C@H]1C[C@@H]1c1ccccc1)c1cc(-c2ccc(F)cc2F)on1. The largest absolute Gasteiger partial charge is 0.355 e. The Labute approximate surface area is 232 Å². The Morgan fingerprint density at radius 3 is 2.50 bits per heavy atom. The molecule has 0 unspecified atom stereocenters. The van der Waals surface area contributed by atoms with Gasteiger partial charge in [-0.25, -0.2) is 8.78 Å². The molecule has 1 aromatic heterocycles. The molecule has 1 saturated heterocycles. The smallest absolute Gasteiger partial charge is 0.273 e. The first-order valence-corrected chi connectivity index (χ1v) is 14.3. The molecule has 2 aliphatic carbocycles. The average Bonchev–Trinajstić information content (AvgIpc) is 3.56. The third-order valence-electron chi connectivity index (χ3n) is 8.67. The molecular formula is C31H34F2N4O3. The van der Waals surface area contributed by atoms with E-state index in [2.05, 4.69) is 32.8 Å². The van der Waals surface area contributed by atoms with Crippen LogP contribution in [0.1, 0.15) is 66.9 Å². The van der Waals surface area contributed by atoms with Gasteiger partial charge < -0.3 is 15.2 Å². The predicted octanol–water partition coefficient (Wildman–Crippen LogP) is 5.05. The normalized spacial score (nSPS) is 25.4. The number of amides is 2. The van der Waals surface area contributed by atoms with Crippen LogP contribution in [0.2, 0.25) is 0 Å². The lowest BCUT2D eigenvalue weighted by atomic mass is 9.87. The van der Waals surface area contributed by atoms with E-state index in [0.29, 0.717) is 24.9 Å². The lowest BCUT2D eigenvalue weighted by Gasteiger charge is -2.43. The minimum Gasteiger partial charge on any atom is -0.355 e. The molecule has 3 aromatic rings. The van der Waals surface area contributed by atoms with Crippen molar-refractivity contribution in [3.63, 3.8) is 0 Å². The van der Waals surface area contributed by atoms with E-state index in [4.69, 9.17) is 4.52 Å². The third kappa shape index (κ3) is 5.80. The van der Waals surface area contributed by atoms with E-state index in [0.717, 1.165) is 37.9 Å². The van der Waals surface area contributed by atoms with Crippen LogP contribution in [0.3, 0.4) is 0 Å². The van der Waals surface area contributed by atoms with Gasteiger partial charge in [0, 0.05) is 49.3 Å². The van der Waals surface area contributed by atoms with E-state index in [-0.39, 0.29) is 35.0 Å². The minimum atomic E-state index is -0.802. The lowest BCUT2D eigenvalue weighted by molar-refractivity contribution is -0.128. The van der Waals surface area contributed by atoms with Crippen molar-refractivity contribution >= 4 is 11.8 Å². The number of rotatable bonds is 7. The summed E-state index contributed by atoms with van der Waals surface area (Å²) in [4.78, 5) is 29.3. The number of halogens is 2. The van der Waals surface area contributed by atoms with Gasteiger partial charge in [0.05, 0.1) is 11.5 Å². The molecule has 3 fully saturated rings. The van der Waals surface area contributed by atoms with Crippen molar-refractivity contribution in [3.05, 3.63) is 77.5 Å². The van der Waals surface area contributed by atoms with Crippen molar-refractivity contribution < 1.29 is 22.9 Å². The summed E-state index contributed by atoms with van der Waals surface area (Å²) in [5.74, 6) is -2.09. The molecule has 6 rings (SSSR count). The highest BCUT2D eigenvalue weighted by Gasteiger charge is 2.43. The van der Waals surface area contributed by atoms with Gasteiger partial charge in [0.1, 0.15) is 11.6 Å². The van der Waals surface area contributed by atoms with E-state index in [9.17, 15) is 18.4 Å². The molecule has 0 bridgehead atoms. The Morgan fingerprint density at radius 1 is 0.925 bits per heavy atom. The summed E-state index contributed by atoms with van der Waals surface area (Å²) in [7, 11) is 0. The molecule has 0 spiro atoms. The molecule has 1 aliphatic heterocycles. The van der Waals surface area contributed by atoms with Crippen molar-refractivity contribution in [1.29, 1.82) is 0 Å². The number of likely N-dealkylation sites (tertiary alicyclic amines) is 1. The van der Waals surface area contributed by atoms with Crippen molar-refractivity contribution in [3.8, 4) is 11.3 Å². The summed E-state index contributed by atoms with van der Waals surface area (Å²) in [5, 5.41) is 10.1. The number of nitrogens with one attached hydrogen (secondary N) is 2. The molecule has 2 heterocycles. The second-order valence-electron chi connectivity index (χ2n) is 11.3. The fourth-order valence-corrected chi connectivity index (χ4v) is 6.35. The van der Waals surface area contributed by atoms with Crippen LogP contribution in [0, 0.1) is 17.6 Å². The molecule has 0 radical (unpaired) electrons. The Morgan fingerprint density at radius 2 is 1.73 bits per heavy atom. The van der Waals surface area contributed by atoms with Crippen LogP contribution in [-0.4, -0.2) is 53.1 Å². The maximum absolute atomic E-state index is 14.2. The molecule has 3 aliphatic rings. The van der Waals surface area contributed by atoms with Crippen molar-refractivity contribution in [2.75, 3.05) is 13.1 Å². The standard InChI is InChI=1S/C31H34F2N4O3/c32-20-11-12-22(25(33)15-20)29-17-28(36-40-29)31(39)34-26-13-14-37(21-9-5-2-6-10-21)18-24(26)30(38)35-27-16-23(27)19-7-3-1-4-8-19/h1,3-4,7-8,11-12,15,17,21,23-24,26-27H,2,5-6,9-10,13-14,16,18H2,(H,34,39)(H,35,38)/t23-,24+,26+,27+/m1/s1. The second kappa shape index (κ2) is 11.5. The topological polar surface area (TPSA) is 87.5 Å². The van der Waals surface area contributed by atoms with Crippen molar-refractivity contribution in [1.82, 2.24) is 20.7 Å². The van der Waals surface area contributed by atoms with Gasteiger partial charge in [-0.2, -0.15) is 0 Å². The quantitative estimate of drug-likeness (QED) is 0.432. The van der Waals surface area contributed by atoms with E-state index >= 15 is 0 Å². The molecule has 7 nitrogen and oxygen atoms in total. The molecule has 2 aromatic carbocycles. The summed E-state index contributed by atoms with van der Waals surface area (Å²) in [6.07, 6.45) is 7.52. The number of piperidine rings is 1. The van der Waals surface area contributed by atoms with Crippen LogP contribution < -0.4 is 10.6 Å². The minimum absolute atomic E-state index is 0.0149. The average molecular weight is 549 g/mol. The van der Waals surface area contributed by atoms with E-state index in [1.165, 1.54) is 37.0 Å². The number of aromatic nitrogens is 1. The number of carbonyl (C=O) groups excluding carboxylic acids is 2. The summed E-state index contributed by atoms with van der Waals surface area (Å²) < 4.78 is 32.7. The summed E-state index contributed by atoms with van der Waals surface area (Å²) in [6.45, 7) is 1.40. The van der Waals surface area contributed by atoms with Gasteiger partial charge in [0.25, 0.3) is 5.91 Å². The highest BCUT2D eigenvalue weighted by Crippen LogP contribution is 2.41. The third-order valence-corrected chi connectivity index (χ3v) is 8.67. The van der Waals surface area contributed by atoms with Crippen molar-refractivity contribution in [2.45, 2.75) is 69.0 Å². The Hall–Kier alpha value is -3.59. The number of nitrogens with zero attached hydrogens (tertiary/aromatic N) is 2. The van der Waals surface area contributed by atoms with Gasteiger partial charge in [-0.3, -0.25) is 14.5 Å². The van der Waals surface area contributed by atoms with E-state index in [1.54, 1.807) is 0 Å². The van der Waals surface area contributed by atoms with Crippen LogP contribution in [0.4, 0.5) is 8.78 Å². The molecule has 4 atom stereocenters. The molecular weight excluding hydrogens is 514 g/mol. The molecule has 9 heteroatoms. The number of benzene rings is 2. The van der Waals surface area contributed by atoms with Gasteiger partial charge in [0.2, 0.25) is 5.91 Å². The monoisotopic (exact) mass is 548 g/mol.